The lowest BCUT2D eigenvalue weighted by molar-refractivity contribution is -0.127. The van der Waals surface area contributed by atoms with Crippen LogP contribution in [0, 0.1) is 5.92 Å². The number of rotatable bonds is 5. The first kappa shape index (κ1) is 15.9. The monoisotopic (exact) mass is 288 g/mol. The van der Waals surface area contributed by atoms with Crippen LogP contribution in [0.1, 0.15) is 44.6 Å². The highest BCUT2D eigenvalue weighted by molar-refractivity contribution is 5.78. The van der Waals surface area contributed by atoms with Gasteiger partial charge in [-0.3, -0.25) is 4.79 Å². The van der Waals surface area contributed by atoms with Crippen molar-refractivity contribution in [3.63, 3.8) is 0 Å². The maximum absolute atomic E-state index is 11.7. The highest BCUT2D eigenvalue weighted by Gasteiger charge is 2.23. The van der Waals surface area contributed by atoms with E-state index in [2.05, 4.69) is 36.5 Å². The van der Waals surface area contributed by atoms with Crippen LogP contribution >= 0.6 is 0 Å². The third-order valence-corrected chi connectivity index (χ3v) is 4.59. The second-order valence-electron chi connectivity index (χ2n) is 6.37. The Bertz CT molecular complexity index is 453. The molecule has 2 unspecified atom stereocenters. The number of nitrogens with one attached hydrogen (secondary N) is 1. The van der Waals surface area contributed by atoms with E-state index in [1.54, 1.807) is 19.0 Å². The summed E-state index contributed by atoms with van der Waals surface area (Å²) >= 11 is 0. The van der Waals surface area contributed by atoms with Gasteiger partial charge in [0.2, 0.25) is 5.91 Å². The summed E-state index contributed by atoms with van der Waals surface area (Å²) < 4.78 is 0. The van der Waals surface area contributed by atoms with Crippen LogP contribution in [-0.2, 0) is 11.2 Å². The van der Waals surface area contributed by atoms with Crippen LogP contribution in [-0.4, -0.2) is 30.9 Å². The zero-order valence-corrected chi connectivity index (χ0v) is 13.6. The molecular weight excluding hydrogens is 260 g/mol. The minimum atomic E-state index is 0.147. The van der Waals surface area contributed by atoms with Gasteiger partial charge < -0.3 is 10.2 Å². The number of amides is 1. The van der Waals surface area contributed by atoms with Gasteiger partial charge >= 0.3 is 0 Å². The molecule has 1 aromatic rings. The maximum Gasteiger partial charge on any atom is 0.226 e. The molecule has 0 spiro atoms. The molecule has 0 aromatic heterocycles. The Morgan fingerprint density at radius 1 is 1.19 bits per heavy atom. The molecule has 116 valence electrons. The third-order valence-electron chi connectivity index (χ3n) is 4.59. The molecule has 1 aliphatic rings. The fourth-order valence-corrected chi connectivity index (χ4v) is 3.15. The van der Waals surface area contributed by atoms with Gasteiger partial charge in [0.15, 0.2) is 0 Å². The molecule has 2 atom stereocenters. The molecule has 0 heterocycles. The number of anilines is 1. The summed E-state index contributed by atoms with van der Waals surface area (Å²) in [6, 6.07) is 8.96. The molecule has 3 heteroatoms. The third kappa shape index (κ3) is 4.48. The molecule has 1 fully saturated rings. The van der Waals surface area contributed by atoms with Crippen molar-refractivity contribution in [3.8, 4) is 0 Å². The Hall–Kier alpha value is -1.51. The highest BCUT2D eigenvalue weighted by atomic mass is 16.2. The highest BCUT2D eigenvalue weighted by Crippen LogP contribution is 2.29. The van der Waals surface area contributed by atoms with Gasteiger partial charge in [-0.05, 0) is 36.5 Å². The van der Waals surface area contributed by atoms with Gasteiger partial charge in [-0.15, -0.1) is 0 Å². The average molecular weight is 288 g/mol. The van der Waals surface area contributed by atoms with E-state index in [-0.39, 0.29) is 5.91 Å². The van der Waals surface area contributed by atoms with Gasteiger partial charge in [-0.25, -0.2) is 0 Å². The van der Waals surface area contributed by atoms with E-state index in [0.29, 0.717) is 12.5 Å². The van der Waals surface area contributed by atoms with Crippen LogP contribution in [0.25, 0.3) is 0 Å². The second kappa shape index (κ2) is 7.48. The Morgan fingerprint density at radius 2 is 1.86 bits per heavy atom. The molecule has 1 aliphatic carbocycles. The zero-order valence-electron chi connectivity index (χ0n) is 13.6. The van der Waals surface area contributed by atoms with Crippen molar-refractivity contribution in [1.82, 2.24) is 4.90 Å². The molecule has 1 N–H and O–H groups in total. The average Bonchev–Trinajstić information content (AvgIpc) is 2.49. The van der Waals surface area contributed by atoms with Gasteiger partial charge in [0.1, 0.15) is 0 Å². The predicted octanol–water partition coefficient (Wildman–Crippen LogP) is 3.70. The number of carbonyl (C=O) groups is 1. The molecule has 1 amide bonds. The van der Waals surface area contributed by atoms with Crippen LogP contribution < -0.4 is 5.32 Å². The molecule has 21 heavy (non-hydrogen) atoms. The van der Waals surface area contributed by atoms with Crippen molar-refractivity contribution in [1.29, 1.82) is 0 Å². The van der Waals surface area contributed by atoms with Crippen molar-refractivity contribution in [2.24, 2.45) is 5.92 Å². The van der Waals surface area contributed by atoms with Gasteiger partial charge in [0.25, 0.3) is 0 Å². The summed E-state index contributed by atoms with van der Waals surface area (Å²) in [6.45, 7) is 2.29. The molecule has 3 nitrogen and oxygen atoms in total. The standard InChI is InChI=1S/C18H28N2O/c1-4-15-7-5-6-8-17(15)19-16-11-9-14(10-12-16)13-18(21)20(2)3/h9-12,15,17,19H,4-8,13H2,1-3H3. The first-order chi connectivity index (χ1) is 10.1. The Balaban J connectivity index is 1.94. The van der Waals surface area contributed by atoms with Crippen LogP contribution in [0.5, 0.6) is 0 Å². The van der Waals surface area contributed by atoms with Crippen molar-refractivity contribution < 1.29 is 4.79 Å². The van der Waals surface area contributed by atoms with Gasteiger partial charge in [-0.1, -0.05) is 38.3 Å². The first-order valence-corrected chi connectivity index (χ1v) is 8.15. The number of nitrogens with zero attached hydrogens (tertiary/aromatic N) is 1. The maximum atomic E-state index is 11.7. The molecule has 0 radical (unpaired) electrons. The first-order valence-electron chi connectivity index (χ1n) is 8.15. The lowest BCUT2D eigenvalue weighted by Crippen LogP contribution is -2.31. The normalized spacial score (nSPS) is 21.9. The van der Waals surface area contributed by atoms with Crippen LogP contribution in [0.4, 0.5) is 5.69 Å². The second-order valence-corrected chi connectivity index (χ2v) is 6.37. The van der Waals surface area contributed by atoms with E-state index in [4.69, 9.17) is 0 Å². The summed E-state index contributed by atoms with van der Waals surface area (Å²) in [6.07, 6.45) is 7.08. The number of benzene rings is 1. The van der Waals surface area contributed by atoms with Crippen LogP contribution in [0.3, 0.4) is 0 Å². The Labute approximate surface area is 128 Å². The molecule has 1 aromatic carbocycles. The van der Waals surface area contributed by atoms with E-state index < -0.39 is 0 Å². The minimum Gasteiger partial charge on any atom is -0.382 e. The Kier molecular flexibility index (Phi) is 5.66. The lowest BCUT2D eigenvalue weighted by Gasteiger charge is -2.32. The fraction of sp³-hybridized carbons (Fsp3) is 0.611. The number of carbonyl (C=O) groups excluding carboxylic acids is 1. The van der Waals surface area contributed by atoms with E-state index in [1.165, 1.54) is 37.8 Å². The molecule has 0 bridgehead atoms. The van der Waals surface area contributed by atoms with Crippen molar-refractivity contribution >= 4 is 11.6 Å². The summed E-state index contributed by atoms with van der Waals surface area (Å²) in [5, 5.41) is 3.69. The summed E-state index contributed by atoms with van der Waals surface area (Å²) in [5.74, 6) is 0.947. The summed E-state index contributed by atoms with van der Waals surface area (Å²) in [7, 11) is 3.60. The molecule has 0 aliphatic heterocycles. The smallest absolute Gasteiger partial charge is 0.226 e. The number of hydrogen-bond donors (Lipinski definition) is 1. The SMILES string of the molecule is CCC1CCCCC1Nc1ccc(CC(=O)N(C)C)cc1. The van der Waals surface area contributed by atoms with Gasteiger partial charge in [0.05, 0.1) is 6.42 Å². The largest absolute Gasteiger partial charge is 0.382 e. The Morgan fingerprint density at radius 3 is 2.48 bits per heavy atom. The van der Waals surface area contributed by atoms with E-state index in [9.17, 15) is 4.79 Å². The van der Waals surface area contributed by atoms with Crippen molar-refractivity contribution in [3.05, 3.63) is 29.8 Å². The topological polar surface area (TPSA) is 32.3 Å². The molecular formula is C18H28N2O. The number of hydrogen-bond acceptors (Lipinski definition) is 2. The lowest BCUT2D eigenvalue weighted by atomic mass is 9.83. The predicted molar refractivity (Wildman–Crippen MR) is 88.5 cm³/mol. The van der Waals surface area contributed by atoms with Crippen molar-refractivity contribution in [2.45, 2.75) is 51.5 Å². The minimum absolute atomic E-state index is 0.147. The van der Waals surface area contributed by atoms with E-state index >= 15 is 0 Å². The summed E-state index contributed by atoms with van der Waals surface area (Å²) in [4.78, 5) is 13.3. The van der Waals surface area contributed by atoms with E-state index in [0.717, 1.165) is 11.5 Å². The quantitative estimate of drug-likeness (QED) is 0.896. The number of likely N-dealkylation sites (N-methyl/N-ethyl adjacent to an activating group) is 1. The van der Waals surface area contributed by atoms with Crippen LogP contribution in [0.15, 0.2) is 24.3 Å². The molecule has 2 rings (SSSR count). The zero-order chi connectivity index (χ0) is 15.2. The van der Waals surface area contributed by atoms with E-state index in [1.807, 2.05) is 0 Å². The van der Waals surface area contributed by atoms with Gasteiger partial charge in [-0.2, -0.15) is 0 Å². The molecule has 1 saturated carbocycles. The van der Waals surface area contributed by atoms with Gasteiger partial charge in [0, 0.05) is 25.8 Å². The van der Waals surface area contributed by atoms with Crippen LogP contribution in [0.2, 0.25) is 0 Å². The fourth-order valence-electron chi connectivity index (χ4n) is 3.15. The van der Waals surface area contributed by atoms with Crippen molar-refractivity contribution in [2.75, 3.05) is 19.4 Å². The summed E-state index contributed by atoms with van der Waals surface area (Å²) in [5.41, 5.74) is 2.26. The molecule has 0 saturated heterocycles.